The Bertz CT molecular complexity index is 689. The number of nitrogens with one attached hydrogen (secondary N) is 2. The SMILES string of the molecule is O=C(CNC1c2ccccc2-c2ccccc21)NC1CCCCC1. The van der Waals surface area contributed by atoms with Crippen LogP contribution in [0.4, 0.5) is 0 Å². The summed E-state index contributed by atoms with van der Waals surface area (Å²) in [5.41, 5.74) is 5.09. The maximum absolute atomic E-state index is 12.3. The van der Waals surface area contributed by atoms with Gasteiger partial charge in [-0.2, -0.15) is 0 Å². The molecule has 4 rings (SSSR count). The number of carbonyl (C=O) groups is 1. The van der Waals surface area contributed by atoms with Crippen LogP contribution in [0, 0.1) is 0 Å². The molecular weight excluding hydrogens is 296 g/mol. The predicted molar refractivity (Wildman–Crippen MR) is 96.7 cm³/mol. The van der Waals surface area contributed by atoms with E-state index in [0.29, 0.717) is 12.6 Å². The Morgan fingerprint density at radius 3 is 2.08 bits per heavy atom. The molecule has 2 N–H and O–H groups in total. The molecule has 0 aliphatic heterocycles. The van der Waals surface area contributed by atoms with Gasteiger partial charge < -0.3 is 5.32 Å². The van der Waals surface area contributed by atoms with Crippen molar-refractivity contribution < 1.29 is 4.79 Å². The van der Waals surface area contributed by atoms with E-state index in [1.54, 1.807) is 0 Å². The van der Waals surface area contributed by atoms with Gasteiger partial charge in [-0.25, -0.2) is 0 Å². The molecule has 2 aromatic rings. The number of benzene rings is 2. The van der Waals surface area contributed by atoms with E-state index in [1.807, 2.05) is 0 Å². The average molecular weight is 320 g/mol. The molecular formula is C21H24N2O. The Balaban J connectivity index is 1.45. The van der Waals surface area contributed by atoms with E-state index in [9.17, 15) is 4.79 Å². The van der Waals surface area contributed by atoms with E-state index in [1.165, 1.54) is 41.5 Å². The van der Waals surface area contributed by atoms with Gasteiger partial charge in [0.05, 0.1) is 12.6 Å². The summed E-state index contributed by atoms with van der Waals surface area (Å²) >= 11 is 0. The molecule has 2 aromatic carbocycles. The highest BCUT2D eigenvalue weighted by atomic mass is 16.2. The van der Waals surface area contributed by atoms with Gasteiger partial charge in [0.2, 0.25) is 5.91 Å². The Kier molecular flexibility index (Phi) is 4.35. The third-order valence-corrected chi connectivity index (χ3v) is 5.27. The Morgan fingerprint density at radius 2 is 1.46 bits per heavy atom. The molecule has 3 nitrogen and oxygen atoms in total. The second kappa shape index (κ2) is 6.78. The van der Waals surface area contributed by atoms with Crippen LogP contribution in [0.3, 0.4) is 0 Å². The summed E-state index contributed by atoms with van der Waals surface area (Å²) in [4.78, 5) is 12.3. The van der Waals surface area contributed by atoms with Gasteiger partial charge in [0.25, 0.3) is 0 Å². The van der Waals surface area contributed by atoms with Crippen LogP contribution in [0.5, 0.6) is 0 Å². The lowest BCUT2D eigenvalue weighted by molar-refractivity contribution is -0.121. The highest BCUT2D eigenvalue weighted by Crippen LogP contribution is 2.42. The van der Waals surface area contributed by atoms with Crippen molar-refractivity contribution in [2.45, 2.75) is 44.2 Å². The fourth-order valence-electron chi connectivity index (χ4n) is 4.10. The summed E-state index contributed by atoms with van der Waals surface area (Å²) in [6.45, 7) is 0.365. The van der Waals surface area contributed by atoms with Crippen molar-refractivity contribution >= 4 is 5.91 Å². The van der Waals surface area contributed by atoms with Gasteiger partial charge in [-0.05, 0) is 35.1 Å². The minimum absolute atomic E-state index is 0.106. The first-order valence-corrected chi connectivity index (χ1v) is 9.04. The van der Waals surface area contributed by atoms with Crippen LogP contribution in [-0.2, 0) is 4.79 Å². The summed E-state index contributed by atoms with van der Waals surface area (Å²) in [5, 5.41) is 6.66. The van der Waals surface area contributed by atoms with Gasteiger partial charge in [0, 0.05) is 6.04 Å². The molecule has 24 heavy (non-hydrogen) atoms. The summed E-state index contributed by atoms with van der Waals surface area (Å²) < 4.78 is 0. The zero-order valence-corrected chi connectivity index (χ0v) is 13.9. The van der Waals surface area contributed by atoms with Crippen LogP contribution in [0.1, 0.15) is 49.3 Å². The van der Waals surface area contributed by atoms with E-state index < -0.39 is 0 Å². The Hall–Kier alpha value is -2.13. The van der Waals surface area contributed by atoms with Crippen LogP contribution in [0.2, 0.25) is 0 Å². The smallest absolute Gasteiger partial charge is 0.234 e. The first-order valence-electron chi connectivity index (χ1n) is 9.04. The number of rotatable bonds is 4. The van der Waals surface area contributed by atoms with Gasteiger partial charge >= 0.3 is 0 Å². The molecule has 124 valence electrons. The molecule has 0 unspecified atom stereocenters. The first kappa shape index (κ1) is 15.4. The summed E-state index contributed by atoms with van der Waals surface area (Å²) in [7, 11) is 0. The Labute approximate surface area is 143 Å². The van der Waals surface area contributed by atoms with Crippen LogP contribution in [-0.4, -0.2) is 18.5 Å². The topological polar surface area (TPSA) is 41.1 Å². The fraction of sp³-hybridized carbons (Fsp3) is 0.381. The standard InChI is InChI=1S/C21H24N2O/c24-20(23-15-8-2-1-3-9-15)14-22-21-18-12-6-4-10-16(18)17-11-5-7-13-19(17)21/h4-7,10-13,15,21-22H,1-3,8-9,14H2,(H,23,24). The molecule has 1 amide bonds. The highest BCUT2D eigenvalue weighted by Gasteiger charge is 2.28. The second-order valence-corrected chi connectivity index (χ2v) is 6.89. The second-order valence-electron chi connectivity index (χ2n) is 6.89. The van der Waals surface area contributed by atoms with Crippen molar-refractivity contribution in [3.8, 4) is 11.1 Å². The van der Waals surface area contributed by atoms with Gasteiger partial charge in [-0.1, -0.05) is 67.8 Å². The van der Waals surface area contributed by atoms with Crippen LogP contribution < -0.4 is 10.6 Å². The lowest BCUT2D eigenvalue weighted by atomic mass is 9.95. The van der Waals surface area contributed by atoms with Crippen molar-refractivity contribution in [1.29, 1.82) is 0 Å². The summed E-state index contributed by atoms with van der Waals surface area (Å²) in [6, 6.07) is 17.4. The van der Waals surface area contributed by atoms with Crippen LogP contribution >= 0.6 is 0 Å². The van der Waals surface area contributed by atoms with Crippen molar-refractivity contribution in [3.63, 3.8) is 0 Å². The highest BCUT2D eigenvalue weighted by molar-refractivity contribution is 5.81. The molecule has 0 aromatic heterocycles. The van der Waals surface area contributed by atoms with Crippen molar-refractivity contribution in [2.24, 2.45) is 0 Å². The van der Waals surface area contributed by atoms with Gasteiger partial charge in [-0.3, -0.25) is 10.1 Å². The third kappa shape index (κ3) is 2.96. The molecule has 0 bridgehead atoms. The fourth-order valence-corrected chi connectivity index (χ4v) is 4.10. The molecule has 2 aliphatic rings. The molecule has 3 heteroatoms. The third-order valence-electron chi connectivity index (χ3n) is 5.27. The largest absolute Gasteiger partial charge is 0.352 e. The van der Waals surface area contributed by atoms with Crippen LogP contribution in [0.25, 0.3) is 11.1 Å². The van der Waals surface area contributed by atoms with Gasteiger partial charge in [0.1, 0.15) is 0 Å². The molecule has 1 fully saturated rings. The molecule has 0 radical (unpaired) electrons. The number of hydrogen-bond donors (Lipinski definition) is 2. The van der Waals surface area contributed by atoms with E-state index >= 15 is 0 Å². The normalized spacial score (nSPS) is 17.3. The van der Waals surface area contributed by atoms with E-state index in [-0.39, 0.29) is 11.9 Å². The maximum atomic E-state index is 12.3. The maximum Gasteiger partial charge on any atom is 0.234 e. The van der Waals surface area contributed by atoms with Crippen molar-refractivity contribution in [2.75, 3.05) is 6.54 Å². The lowest BCUT2D eigenvalue weighted by Crippen LogP contribution is -2.42. The van der Waals surface area contributed by atoms with Crippen LogP contribution in [0.15, 0.2) is 48.5 Å². The van der Waals surface area contributed by atoms with E-state index in [4.69, 9.17) is 0 Å². The Morgan fingerprint density at radius 1 is 0.875 bits per heavy atom. The molecule has 0 heterocycles. The monoisotopic (exact) mass is 320 g/mol. The summed E-state index contributed by atoms with van der Waals surface area (Å²) in [5.74, 6) is 0.115. The van der Waals surface area contributed by atoms with Gasteiger partial charge in [-0.15, -0.1) is 0 Å². The van der Waals surface area contributed by atoms with E-state index in [2.05, 4.69) is 59.2 Å². The zero-order chi connectivity index (χ0) is 16.4. The zero-order valence-electron chi connectivity index (χ0n) is 13.9. The number of fused-ring (bicyclic) bond motifs is 3. The molecule has 0 saturated heterocycles. The average Bonchev–Trinajstić information content (AvgIpc) is 2.95. The summed E-state index contributed by atoms with van der Waals surface area (Å²) in [6.07, 6.45) is 6.03. The van der Waals surface area contributed by atoms with Gasteiger partial charge in [0.15, 0.2) is 0 Å². The molecule has 0 atom stereocenters. The minimum Gasteiger partial charge on any atom is -0.352 e. The number of amides is 1. The lowest BCUT2D eigenvalue weighted by Gasteiger charge is -2.23. The molecule has 2 aliphatic carbocycles. The molecule has 0 spiro atoms. The minimum atomic E-state index is 0.106. The predicted octanol–water partition coefficient (Wildman–Crippen LogP) is 3.79. The quantitative estimate of drug-likeness (QED) is 0.900. The van der Waals surface area contributed by atoms with E-state index in [0.717, 1.165) is 12.8 Å². The number of carbonyl (C=O) groups excluding carboxylic acids is 1. The number of hydrogen-bond acceptors (Lipinski definition) is 2. The van der Waals surface area contributed by atoms with Crippen molar-refractivity contribution in [1.82, 2.24) is 10.6 Å². The van der Waals surface area contributed by atoms with Crippen molar-refractivity contribution in [3.05, 3.63) is 59.7 Å². The first-order chi connectivity index (χ1) is 11.8. The molecule has 1 saturated carbocycles.